The van der Waals surface area contributed by atoms with Gasteiger partial charge in [-0.1, -0.05) is 6.07 Å². The van der Waals surface area contributed by atoms with Crippen LogP contribution in [0.3, 0.4) is 0 Å². The first kappa shape index (κ1) is 25.5. The smallest absolute Gasteiger partial charge is 0.259 e. The molecule has 0 bridgehead atoms. The first-order valence-corrected chi connectivity index (χ1v) is 13.6. The van der Waals surface area contributed by atoms with E-state index in [-0.39, 0.29) is 11.1 Å². The van der Waals surface area contributed by atoms with Gasteiger partial charge in [-0.2, -0.15) is 10.2 Å². The van der Waals surface area contributed by atoms with E-state index in [0.717, 1.165) is 24.2 Å². The van der Waals surface area contributed by atoms with E-state index in [1.807, 2.05) is 19.1 Å². The molecule has 1 saturated heterocycles. The van der Waals surface area contributed by atoms with Crippen molar-refractivity contribution in [2.45, 2.75) is 50.7 Å². The minimum absolute atomic E-state index is 0.0657. The molecule has 2 N–H and O–H groups in total. The Kier molecular flexibility index (Phi) is 6.12. The number of fused-ring (bicyclic) bond motifs is 1. The number of anilines is 1. The Morgan fingerprint density at radius 3 is 2.78 bits per heavy atom. The van der Waals surface area contributed by atoms with Crippen LogP contribution in [0.5, 0.6) is 0 Å². The number of pyridine rings is 1. The fourth-order valence-corrected chi connectivity index (χ4v) is 5.10. The van der Waals surface area contributed by atoms with Crippen LogP contribution in [0.4, 0.5) is 10.1 Å². The standard InChI is InChI=1S/C28H28FN9O3/c1-17-2-5-21(38-34-26(33-35-38)18-3-4-18)11-24(17)32-27(39)22-13-31-37-15-19(10-23(29)25(22)37)20-12-30-36(14-20)16-28(40)6-8-41-9-7-28/h2,5,10-15,18,40H,3-4,6-9,16H2,1H3,(H,32,39). The summed E-state index contributed by atoms with van der Waals surface area (Å²) in [6.07, 6.45) is 9.59. The predicted octanol–water partition coefficient (Wildman–Crippen LogP) is 3.29. The fourth-order valence-electron chi connectivity index (χ4n) is 5.10. The van der Waals surface area contributed by atoms with Gasteiger partial charge in [-0.25, -0.2) is 8.91 Å². The van der Waals surface area contributed by atoms with Crippen LogP contribution in [0, 0.1) is 12.7 Å². The second-order valence-electron chi connectivity index (χ2n) is 10.9. The van der Waals surface area contributed by atoms with E-state index in [4.69, 9.17) is 4.74 Å². The van der Waals surface area contributed by atoms with Gasteiger partial charge in [-0.3, -0.25) is 9.48 Å². The number of aromatic nitrogens is 8. The number of benzene rings is 1. The molecule has 2 fully saturated rings. The van der Waals surface area contributed by atoms with Gasteiger partial charge in [0.05, 0.1) is 35.8 Å². The summed E-state index contributed by atoms with van der Waals surface area (Å²) in [6.45, 7) is 3.20. The van der Waals surface area contributed by atoms with Crippen molar-refractivity contribution in [1.82, 2.24) is 39.6 Å². The lowest BCUT2D eigenvalue weighted by molar-refractivity contribution is -0.0744. The maximum Gasteiger partial charge on any atom is 0.259 e. The third kappa shape index (κ3) is 4.98. The molecule has 2 aliphatic rings. The lowest BCUT2D eigenvalue weighted by Gasteiger charge is -2.31. The summed E-state index contributed by atoms with van der Waals surface area (Å²) in [5.41, 5.74) is 2.53. The van der Waals surface area contributed by atoms with Crippen molar-refractivity contribution < 1.29 is 19.0 Å². The molecule has 1 aliphatic heterocycles. The summed E-state index contributed by atoms with van der Waals surface area (Å²) in [7, 11) is 0. The molecule has 5 heterocycles. The number of nitrogens with one attached hydrogen (secondary N) is 1. The fraction of sp³-hybridized carbons (Fsp3) is 0.357. The number of ether oxygens (including phenoxy) is 1. The molecule has 1 amide bonds. The number of nitrogens with zero attached hydrogens (tertiary/aromatic N) is 8. The van der Waals surface area contributed by atoms with Crippen molar-refractivity contribution >= 4 is 17.1 Å². The molecule has 12 nitrogen and oxygen atoms in total. The normalized spacial score (nSPS) is 16.8. The van der Waals surface area contributed by atoms with Crippen LogP contribution in [0.25, 0.3) is 22.3 Å². The van der Waals surface area contributed by atoms with Gasteiger partial charge in [-0.05, 0) is 48.7 Å². The van der Waals surface area contributed by atoms with Gasteiger partial charge in [0, 0.05) is 61.2 Å². The van der Waals surface area contributed by atoms with E-state index in [9.17, 15) is 9.90 Å². The Labute approximate surface area is 233 Å². The van der Waals surface area contributed by atoms with Crippen LogP contribution in [-0.2, 0) is 11.3 Å². The summed E-state index contributed by atoms with van der Waals surface area (Å²) in [5.74, 6) is 0.0159. The first-order valence-electron chi connectivity index (χ1n) is 13.6. The third-order valence-corrected chi connectivity index (χ3v) is 7.73. The van der Waals surface area contributed by atoms with Gasteiger partial charge in [0.1, 0.15) is 11.3 Å². The number of hydrogen-bond donors (Lipinski definition) is 2. The molecule has 0 unspecified atom stereocenters. The number of aryl methyl sites for hydroxylation is 1. The minimum Gasteiger partial charge on any atom is -0.388 e. The van der Waals surface area contributed by atoms with Crippen molar-refractivity contribution in [2.24, 2.45) is 0 Å². The molecule has 0 spiro atoms. The molecule has 1 aliphatic carbocycles. The van der Waals surface area contributed by atoms with Crippen LogP contribution < -0.4 is 5.32 Å². The average Bonchev–Trinajstić information content (AvgIpc) is 3.32. The van der Waals surface area contributed by atoms with E-state index >= 15 is 4.39 Å². The maximum absolute atomic E-state index is 15.5. The third-order valence-electron chi connectivity index (χ3n) is 7.73. The number of carbonyl (C=O) groups excluding carboxylic acids is 1. The van der Waals surface area contributed by atoms with E-state index in [1.165, 1.54) is 21.6 Å². The van der Waals surface area contributed by atoms with Crippen LogP contribution >= 0.6 is 0 Å². The van der Waals surface area contributed by atoms with Gasteiger partial charge in [0.25, 0.3) is 5.91 Å². The number of carbonyl (C=O) groups is 1. The topological polar surface area (TPSA) is 137 Å². The first-order chi connectivity index (χ1) is 19.8. The van der Waals surface area contributed by atoms with E-state index in [0.29, 0.717) is 61.0 Å². The highest BCUT2D eigenvalue weighted by Crippen LogP contribution is 2.37. The molecule has 1 aromatic carbocycles. The lowest BCUT2D eigenvalue weighted by Crippen LogP contribution is -2.40. The highest BCUT2D eigenvalue weighted by Gasteiger charge is 2.31. The van der Waals surface area contributed by atoms with E-state index in [2.05, 4.69) is 30.9 Å². The number of amides is 1. The highest BCUT2D eigenvalue weighted by atomic mass is 19.1. The Hall–Kier alpha value is -4.49. The largest absolute Gasteiger partial charge is 0.388 e. The summed E-state index contributed by atoms with van der Waals surface area (Å²) < 4.78 is 23.8. The summed E-state index contributed by atoms with van der Waals surface area (Å²) in [5, 5.41) is 35.0. The molecular formula is C28H28FN9O3. The summed E-state index contributed by atoms with van der Waals surface area (Å²) in [6, 6.07) is 6.83. The lowest BCUT2D eigenvalue weighted by atomic mass is 9.94. The van der Waals surface area contributed by atoms with Gasteiger partial charge in [0.2, 0.25) is 0 Å². The molecule has 1 saturated carbocycles. The number of aliphatic hydroxyl groups is 1. The second-order valence-corrected chi connectivity index (χ2v) is 10.9. The molecule has 0 atom stereocenters. The Bertz CT molecular complexity index is 1760. The monoisotopic (exact) mass is 557 g/mol. The zero-order chi connectivity index (χ0) is 28.1. The van der Waals surface area contributed by atoms with Crippen LogP contribution in [-0.4, -0.2) is 69.4 Å². The number of tetrazole rings is 1. The molecule has 4 aromatic heterocycles. The Balaban J connectivity index is 1.12. The van der Waals surface area contributed by atoms with E-state index in [1.54, 1.807) is 29.3 Å². The molecular weight excluding hydrogens is 529 g/mol. The molecule has 210 valence electrons. The summed E-state index contributed by atoms with van der Waals surface area (Å²) >= 11 is 0. The minimum atomic E-state index is -0.885. The molecule has 41 heavy (non-hydrogen) atoms. The van der Waals surface area contributed by atoms with Gasteiger partial charge in [0.15, 0.2) is 5.82 Å². The quantitative estimate of drug-likeness (QED) is 0.311. The van der Waals surface area contributed by atoms with Crippen LogP contribution in [0.2, 0.25) is 0 Å². The van der Waals surface area contributed by atoms with Crippen molar-refractivity contribution in [3.8, 4) is 16.8 Å². The highest BCUT2D eigenvalue weighted by molar-refractivity contribution is 6.09. The van der Waals surface area contributed by atoms with Gasteiger partial charge in [-0.15, -0.1) is 15.0 Å². The van der Waals surface area contributed by atoms with Crippen molar-refractivity contribution in [3.05, 3.63) is 71.8 Å². The average molecular weight is 558 g/mol. The van der Waals surface area contributed by atoms with Crippen LogP contribution in [0.1, 0.15) is 53.3 Å². The zero-order valence-corrected chi connectivity index (χ0v) is 22.4. The van der Waals surface area contributed by atoms with Crippen molar-refractivity contribution in [3.63, 3.8) is 0 Å². The van der Waals surface area contributed by atoms with Gasteiger partial charge < -0.3 is 15.2 Å². The van der Waals surface area contributed by atoms with Crippen molar-refractivity contribution in [1.29, 1.82) is 0 Å². The zero-order valence-electron chi connectivity index (χ0n) is 22.4. The number of hydrogen-bond acceptors (Lipinski definition) is 8. The Morgan fingerprint density at radius 2 is 1.98 bits per heavy atom. The molecule has 0 radical (unpaired) electrons. The van der Waals surface area contributed by atoms with E-state index < -0.39 is 17.3 Å². The molecule has 13 heteroatoms. The van der Waals surface area contributed by atoms with Crippen LogP contribution in [0.15, 0.2) is 49.1 Å². The SMILES string of the molecule is Cc1ccc(-n2nnc(C3CC3)n2)cc1NC(=O)c1cnn2cc(-c3cnn(CC4(O)CCOCC4)c3)cc(F)c12. The Morgan fingerprint density at radius 1 is 1.15 bits per heavy atom. The number of rotatable bonds is 7. The van der Waals surface area contributed by atoms with Crippen molar-refractivity contribution in [2.75, 3.05) is 18.5 Å². The number of halogens is 1. The summed E-state index contributed by atoms with van der Waals surface area (Å²) in [4.78, 5) is 14.7. The van der Waals surface area contributed by atoms with Gasteiger partial charge >= 0.3 is 0 Å². The second kappa shape index (κ2) is 9.85. The molecule has 7 rings (SSSR count). The molecule has 5 aromatic rings. The maximum atomic E-state index is 15.5. The predicted molar refractivity (Wildman–Crippen MR) is 145 cm³/mol.